The quantitative estimate of drug-likeness (QED) is 0.203. The van der Waals surface area contributed by atoms with Gasteiger partial charge < -0.3 is 0 Å². The van der Waals surface area contributed by atoms with Crippen LogP contribution in [0.1, 0.15) is 27.9 Å². The summed E-state index contributed by atoms with van der Waals surface area (Å²) in [7, 11) is -4.10. The fraction of sp³-hybridized carbons (Fsp3) is 0.161. The zero-order chi connectivity index (χ0) is 27.6. The van der Waals surface area contributed by atoms with E-state index in [1.807, 2.05) is 67.6 Å². The Kier molecular flexibility index (Phi) is 7.34. The molecule has 0 unspecified atom stereocenters. The van der Waals surface area contributed by atoms with Crippen molar-refractivity contribution in [1.82, 2.24) is 8.87 Å². The van der Waals surface area contributed by atoms with Gasteiger partial charge in [-0.25, -0.2) is 12.4 Å². The van der Waals surface area contributed by atoms with Gasteiger partial charge in [-0.3, -0.25) is 4.90 Å². The van der Waals surface area contributed by atoms with Crippen LogP contribution < -0.4 is 0 Å². The summed E-state index contributed by atoms with van der Waals surface area (Å²) in [5.74, 6) is 0. The number of halogens is 3. The maximum Gasteiger partial charge on any atom is 0.416 e. The number of alkyl halides is 3. The molecule has 0 bridgehead atoms. The Bertz CT molecular complexity index is 1640. The van der Waals surface area contributed by atoms with E-state index in [0.29, 0.717) is 18.8 Å². The number of benzene rings is 4. The Morgan fingerprint density at radius 3 is 1.82 bits per heavy atom. The Balaban J connectivity index is 1.64. The summed E-state index contributed by atoms with van der Waals surface area (Å²) in [5, 5.41) is 0.217. The van der Waals surface area contributed by atoms with Crippen molar-refractivity contribution in [3.05, 3.63) is 137 Å². The molecule has 0 spiro atoms. The van der Waals surface area contributed by atoms with Gasteiger partial charge in [0.25, 0.3) is 10.0 Å². The van der Waals surface area contributed by atoms with Gasteiger partial charge in [-0.1, -0.05) is 78.4 Å². The lowest BCUT2D eigenvalue weighted by atomic mass is 10.1. The van der Waals surface area contributed by atoms with Gasteiger partial charge in [0, 0.05) is 30.7 Å². The number of aryl methyl sites for hydroxylation is 1. The van der Waals surface area contributed by atoms with E-state index in [9.17, 15) is 21.6 Å². The van der Waals surface area contributed by atoms with Gasteiger partial charge in [-0.2, -0.15) is 13.2 Å². The van der Waals surface area contributed by atoms with Crippen LogP contribution in [0.3, 0.4) is 0 Å². The van der Waals surface area contributed by atoms with Crippen LogP contribution in [0.15, 0.2) is 114 Å². The van der Waals surface area contributed by atoms with E-state index < -0.39 is 21.8 Å². The molecular formula is C31H27F3N2O2S. The van der Waals surface area contributed by atoms with E-state index >= 15 is 0 Å². The van der Waals surface area contributed by atoms with Gasteiger partial charge in [0.15, 0.2) is 0 Å². The molecule has 1 aromatic heterocycles. The highest BCUT2D eigenvalue weighted by molar-refractivity contribution is 7.90. The summed E-state index contributed by atoms with van der Waals surface area (Å²) in [6.07, 6.45) is -4.54. The van der Waals surface area contributed by atoms with Crippen LogP contribution in [0, 0.1) is 6.92 Å². The predicted molar refractivity (Wildman–Crippen MR) is 147 cm³/mol. The summed E-state index contributed by atoms with van der Waals surface area (Å²) in [5.41, 5.74) is 2.75. The maximum atomic E-state index is 13.9. The first-order valence-corrected chi connectivity index (χ1v) is 13.9. The van der Waals surface area contributed by atoms with Crippen molar-refractivity contribution in [2.75, 3.05) is 0 Å². The van der Waals surface area contributed by atoms with Crippen molar-refractivity contribution in [2.45, 2.75) is 37.6 Å². The van der Waals surface area contributed by atoms with Crippen molar-refractivity contribution < 1.29 is 21.6 Å². The molecule has 0 aliphatic carbocycles. The zero-order valence-electron chi connectivity index (χ0n) is 21.3. The smallest absolute Gasteiger partial charge is 0.289 e. The first-order chi connectivity index (χ1) is 18.6. The second-order valence-electron chi connectivity index (χ2n) is 9.61. The molecule has 0 amide bonds. The zero-order valence-corrected chi connectivity index (χ0v) is 22.1. The van der Waals surface area contributed by atoms with Crippen molar-refractivity contribution in [3.8, 4) is 0 Å². The van der Waals surface area contributed by atoms with E-state index in [1.165, 1.54) is 22.2 Å². The molecule has 1 heterocycles. The molecule has 0 N–H and O–H groups in total. The van der Waals surface area contributed by atoms with E-state index in [1.54, 1.807) is 18.2 Å². The standard InChI is InChI=1S/C31H27F3N2O2S/c1-23-12-15-29(16-13-23)39(37,38)36-28(19-26-18-27(31(32,33)34)14-17-30(26)36)22-35(20-24-8-4-2-5-9-24)21-25-10-6-3-7-11-25/h2-19H,20-22H2,1H3. The molecule has 4 aromatic carbocycles. The number of fused-ring (bicyclic) bond motifs is 1. The molecule has 0 aliphatic rings. The Morgan fingerprint density at radius 1 is 0.718 bits per heavy atom. The lowest BCUT2D eigenvalue weighted by Crippen LogP contribution is -2.25. The molecule has 0 saturated heterocycles. The monoisotopic (exact) mass is 548 g/mol. The molecule has 0 saturated carbocycles. The minimum absolute atomic E-state index is 0.0735. The normalized spacial score (nSPS) is 12.3. The molecule has 8 heteroatoms. The first kappa shape index (κ1) is 26.7. The molecule has 200 valence electrons. The number of aromatic nitrogens is 1. The molecule has 5 rings (SSSR count). The molecule has 4 nitrogen and oxygen atoms in total. The highest BCUT2D eigenvalue weighted by atomic mass is 32.2. The van der Waals surface area contributed by atoms with Gasteiger partial charge in [0.2, 0.25) is 0 Å². The fourth-order valence-electron chi connectivity index (χ4n) is 4.71. The Morgan fingerprint density at radius 2 is 1.28 bits per heavy atom. The van der Waals surface area contributed by atoms with Gasteiger partial charge in [-0.05, 0) is 54.4 Å². The second kappa shape index (κ2) is 10.7. The molecule has 0 fully saturated rings. The predicted octanol–water partition coefficient (Wildman–Crippen LogP) is 7.41. The second-order valence-corrected chi connectivity index (χ2v) is 11.4. The average Bonchev–Trinajstić information content (AvgIpc) is 3.27. The Hall–Kier alpha value is -3.88. The number of hydrogen-bond donors (Lipinski definition) is 0. The van der Waals surface area contributed by atoms with Gasteiger partial charge >= 0.3 is 6.18 Å². The summed E-state index contributed by atoms with van der Waals surface area (Å²) >= 11 is 0. The molecule has 39 heavy (non-hydrogen) atoms. The van der Waals surface area contributed by atoms with Crippen LogP contribution in [0.2, 0.25) is 0 Å². The number of rotatable bonds is 8. The third-order valence-electron chi connectivity index (χ3n) is 6.60. The third kappa shape index (κ3) is 5.92. The van der Waals surface area contributed by atoms with Crippen LogP contribution >= 0.6 is 0 Å². The first-order valence-electron chi connectivity index (χ1n) is 12.5. The maximum absolute atomic E-state index is 13.9. The van der Waals surface area contributed by atoms with Gasteiger partial charge in [-0.15, -0.1) is 0 Å². The minimum Gasteiger partial charge on any atom is -0.289 e. The van der Waals surface area contributed by atoms with Crippen LogP contribution in [0.4, 0.5) is 13.2 Å². The van der Waals surface area contributed by atoms with Crippen molar-refractivity contribution in [3.63, 3.8) is 0 Å². The fourth-order valence-corrected chi connectivity index (χ4v) is 6.25. The van der Waals surface area contributed by atoms with E-state index in [-0.39, 0.29) is 22.3 Å². The SMILES string of the molecule is Cc1ccc(S(=O)(=O)n2c(CN(Cc3ccccc3)Cc3ccccc3)cc3cc(C(F)(F)F)ccc32)cc1. The van der Waals surface area contributed by atoms with Crippen molar-refractivity contribution in [2.24, 2.45) is 0 Å². The number of hydrogen-bond acceptors (Lipinski definition) is 3. The van der Waals surface area contributed by atoms with Crippen LogP contribution in [0.25, 0.3) is 10.9 Å². The number of nitrogens with zero attached hydrogens (tertiary/aromatic N) is 2. The summed E-state index contributed by atoms with van der Waals surface area (Å²) in [6, 6.07) is 30.8. The van der Waals surface area contributed by atoms with E-state index in [0.717, 1.165) is 28.8 Å². The third-order valence-corrected chi connectivity index (χ3v) is 8.38. The largest absolute Gasteiger partial charge is 0.416 e. The van der Waals surface area contributed by atoms with E-state index in [2.05, 4.69) is 4.90 Å². The average molecular weight is 549 g/mol. The molecule has 0 atom stereocenters. The van der Waals surface area contributed by atoms with Crippen molar-refractivity contribution in [1.29, 1.82) is 0 Å². The van der Waals surface area contributed by atoms with Crippen LogP contribution in [-0.2, 0) is 35.8 Å². The van der Waals surface area contributed by atoms with Gasteiger partial charge in [0.05, 0.1) is 16.0 Å². The van der Waals surface area contributed by atoms with Gasteiger partial charge in [0.1, 0.15) is 0 Å². The summed E-state index contributed by atoms with van der Waals surface area (Å²) < 4.78 is 69.6. The lowest BCUT2D eigenvalue weighted by molar-refractivity contribution is -0.137. The highest BCUT2D eigenvalue weighted by Crippen LogP contribution is 2.34. The summed E-state index contributed by atoms with van der Waals surface area (Å²) in [4.78, 5) is 2.16. The Labute approximate surface area is 226 Å². The molecular weight excluding hydrogens is 521 g/mol. The molecule has 5 aromatic rings. The minimum atomic E-state index is -4.54. The lowest BCUT2D eigenvalue weighted by Gasteiger charge is -2.24. The van der Waals surface area contributed by atoms with E-state index in [4.69, 9.17) is 0 Å². The van der Waals surface area contributed by atoms with Crippen LogP contribution in [-0.4, -0.2) is 17.3 Å². The molecule has 0 aliphatic heterocycles. The van der Waals surface area contributed by atoms with Crippen LogP contribution in [0.5, 0.6) is 0 Å². The summed E-state index contributed by atoms with van der Waals surface area (Å²) in [6.45, 7) is 3.10. The highest BCUT2D eigenvalue weighted by Gasteiger charge is 2.32. The molecule has 0 radical (unpaired) electrons. The topological polar surface area (TPSA) is 42.3 Å². The van der Waals surface area contributed by atoms with Crippen molar-refractivity contribution >= 4 is 20.9 Å².